The van der Waals surface area contributed by atoms with Crippen molar-refractivity contribution in [2.24, 2.45) is 0 Å². The Labute approximate surface area is 112 Å². The monoisotopic (exact) mass is 262 g/mol. The Morgan fingerprint density at radius 1 is 1.06 bits per heavy atom. The first kappa shape index (κ1) is 12.4. The van der Waals surface area contributed by atoms with Gasteiger partial charge in [-0.3, -0.25) is 0 Å². The van der Waals surface area contributed by atoms with Gasteiger partial charge < -0.3 is 4.74 Å². The molecule has 0 aromatic heterocycles. The Kier molecular flexibility index (Phi) is 4.02. The minimum absolute atomic E-state index is 0.895. The standard InChI is InChI=1S/C14H14OS2/c1-10-7-8-12(16)14(9-10)17-13-6-4-3-5-11(13)15-2/h3-9,16H,1-2H3. The van der Waals surface area contributed by atoms with Crippen LogP contribution in [0.2, 0.25) is 0 Å². The van der Waals surface area contributed by atoms with Gasteiger partial charge in [-0.1, -0.05) is 30.0 Å². The molecular formula is C14H14OS2. The zero-order valence-electron chi connectivity index (χ0n) is 9.81. The summed E-state index contributed by atoms with van der Waals surface area (Å²) in [5, 5.41) is 0. The van der Waals surface area contributed by atoms with Gasteiger partial charge in [-0.15, -0.1) is 12.6 Å². The summed E-state index contributed by atoms with van der Waals surface area (Å²) in [6.07, 6.45) is 0. The molecule has 0 unspecified atom stereocenters. The largest absolute Gasteiger partial charge is 0.496 e. The predicted molar refractivity (Wildman–Crippen MR) is 75.5 cm³/mol. The number of aryl methyl sites for hydroxylation is 1. The first-order valence-electron chi connectivity index (χ1n) is 5.31. The summed E-state index contributed by atoms with van der Waals surface area (Å²) < 4.78 is 5.34. The molecule has 2 rings (SSSR count). The number of hydrogen-bond acceptors (Lipinski definition) is 3. The summed E-state index contributed by atoms with van der Waals surface area (Å²) in [4.78, 5) is 3.25. The molecule has 0 radical (unpaired) electrons. The first-order chi connectivity index (χ1) is 8.20. The van der Waals surface area contributed by atoms with Crippen LogP contribution < -0.4 is 4.74 Å². The van der Waals surface area contributed by atoms with Crippen molar-refractivity contribution in [1.29, 1.82) is 0 Å². The van der Waals surface area contributed by atoms with Crippen molar-refractivity contribution in [2.75, 3.05) is 7.11 Å². The third-order valence-electron chi connectivity index (χ3n) is 2.40. The van der Waals surface area contributed by atoms with Crippen molar-refractivity contribution in [3.8, 4) is 5.75 Å². The van der Waals surface area contributed by atoms with E-state index in [4.69, 9.17) is 4.74 Å². The summed E-state index contributed by atoms with van der Waals surface area (Å²) in [6, 6.07) is 14.2. The summed E-state index contributed by atoms with van der Waals surface area (Å²) >= 11 is 6.16. The topological polar surface area (TPSA) is 9.23 Å². The summed E-state index contributed by atoms with van der Waals surface area (Å²) in [5.74, 6) is 0.895. The van der Waals surface area contributed by atoms with E-state index in [2.05, 4.69) is 37.8 Å². The third-order valence-corrected chi connectivity index (χ3v) is 4.06. The van der Waals surface area contributed by atoms with Crippen LogP contribution in [-0.4, -0.2) is 7.11 Å². The average molecular weight is 262 g/mol. The summed E-state index contributed by atoms with van der Waals surface area (Å²) in [7, 11) is 1.69. The number of thiol groups is 1. The maximum atomic E-state index is 5.34. The highest BCUT2D eigenvalue weighted by molar-refractivity contribution is 8.00. The maximum Gasteiger partial charge on any atom is 0.132 e. The highest BCUT2D eigenvalue weighted by Gasteiger charge is 2.06. The molecule has 0 N–H and O–H groups in total. The molecule has 1 nitrogen and oxygen atoms in total. The Morgan fingerprint density at radius 3 is 2.59 bits per heavy atom. The van der Waals surface area contributed by atoms with Crippen LogP contribution in [0, 0.1) is 6.92 Å². The Hall–Kier alpha value is -1.06. The summed E-state index contributed by atoms with van der Waals surface area (Å²) in [5.41, 5.74) is 1.24. The predicted octanol–water partition coefficient (Wildman–Crippen LogP) is 4.44. The van der Waals surface area contributed by atoms with E-state index in [-0.39, 0.29) is 0 Å². The third kappa shape index (κ3) is 2.99. The molecule has 88 valence electrons. The van der Waals surface area contributed by atoms with Gasteiger partial charge in [0, 0.05) is 9.79 Å². The van der Waals surface area contributed by atoms with Crippen molar-refractivity contribution < 1.29 is 4.74 Å². The SMILES string of the molecule is COc1ccccc1Sc1cc(C)ccc1S. The van der Waals surface area contributed by atoms with Gasteiger partial charge in [-0.2, -0.15) is 0 Å². The smallest absolute Gasteiger partial charge is 0.132 e. The van der Waals surface area contributed by atoms with Gasteiger partial charge in [0.25, 0.3) is 0 Å². The van der Waals surface area contributed by atoms with Crippen LogP contribution in [0.15, 0.2) is 57.2 Å². The average Bonchev–Trinajstić information content (AvgIpc) is 2.34. The van der Waals surface area contributed by atoms with Crippen LogP contribution in [0.3, 0.4) is 0 Å². The molecule has 0 amide bonds. The molecule has 17 heavy (non-hydrogen) atoms. The van der Waals surface area contributed by atoms with E-state index < -0.39 is 0 Å². The van der Waals surface area contributed by atoms with Crippen LogP contribution in [0.1, 0.15) is 5.56 Å². The molecule has 0 bridgehead atoms. The normalized spacial score (nSPS) is 10.3. The molecule has 0 saturated heterocycles. The van der Waals surface area contributed by atoms with E-state index >= 15 is 0 Å². The van der Waals surface area contributed by atoms with Gasteiger partial charge in [0.15, 0.2) is 0 Å². The maximum absolute atomic E-state index is 5.34. The van der Waals surface area contributed by atoms with Gasteiger partial charge in [-0.25, -0.2) is 0 Å². The van der Waals surface area contributed by atoms with Crippen molar-refractivity contribution in [2.45, 2.75) is 21.6 Å². The van der Waals surface area contributed by atoms with E-state index in [0.29, 0.717) is 0 Å². The molecule has 0 heterocycles. The lowest BCUT2D eigenvalue weighted by atomic mass is 10.2. The number of hydrogen-bond donors (Lipinski definition) is 1. The lowest BCUT2D eigenvalue weighted by Gasteiger charge is -2.09. The fourth-order valence-electron chi connectivity index (χ4n) is 1.52. The number of methoxy groups -OCH3 is 1. The molecule has 3 heteroatoms. The van der Waals surface area contributed by atoms with Crippen LogP contribution >= 0.6 is 24.4 Å². The van der Waals surface area contributed by atoms with Crippen molar-refractivity contribution in [1.82, 2.24) is 0 Å². The molecule has 2 aromatic carbocycles. The van der Waals surface area contributed by atoms with E-state index in [1.165, 1.54) is 5.56 Å². The fourth-order valence-corrected chi connectivity index (χ4v) is 2.85. The van der Waals surface area contributed by atoms with Crippen LogP contribution in [0.4, 0.5) is 0 Å². The second-order valence-electron chi connectivity index (χ2n) is 3.72. The van der Waals surface area contributed by atoms with Crippen LogP contribution in [0.5, 0.6) is 5.75 Å². The molecular weight excluding hydrogens is 248 g/mol. The summed E-state index contributed by atoms with van der Waals surface area (Å²) in [6.45, 7) is 2.08. The van der Waals surface area contributed by atoms with Gasteiger partial charge in [0.2, 0.25) is 0 Å². The van der Waals surface area contributed by atoms with Crippen molar-refractivity contribution in [3.63, 3.8) is 0 Å². The quantitative estimate of drug-likeness (QED) is 0.819. The second kappa shape index (κ2) is 5.52. The highest BCUT2D eigenvalue weighted by Crippen LogP contribution is 2.37. The minimum atomic E-state index is 0.895. The molecule has 0 aliphatic rings. The lowest BCUT2D eigenvalue weighted by molar-refractivity contribution is 0.405. The van der Waals surface area contributed by atoms with Gasteiger partial charge in [0.05, 0.1) is 12.0 Å². The molecule has 2 aromatic rings. The van der Waals surface area contributed by atoms with Crippen LogP contribution in [0.25, 0.3) is 0 Å². The Balaban J connectivity index is 2.34. The highest BCUT2D eigenvalue weighted by atomic mass is 32.2. The first-order valence-corrected chi connectivity index (χ1v) is 6.57. The van der Waals surface area contributed by atoms with E-state index in [0.717, 1.165) is 20.4 Å². The molecule has 0 aliphatic carbocycles. The Bertz CT molecular complexity index is 523. The molecule has 0 saturated carbocycles. The molecule has 0 atom stereocenters. The van der Waals surface area contributed by atoms with E-state index in [1.54, 1.807) is 18.9 Å². The van der Waals surface area contributed by atoms with Gasteiger partial charge >= 0.3 is 0 Å². The Morgan fingerprint density at radius 2 is 1.82 bits per heavy atom. The van der Waals surface area contributed by atoms with E-state index in [1.807, 2.05) is 24.3 Å². The molecule has 0 spiro atoms. The van der Waals surface area contributed by atoms with Gasteiger partial charge in [-0.05, 0) is 36.8 Å². The second-order valence-corrected chi connectivity index (χ2v) is 5.29. The van der Waals surface area contributed by atoms with Gasteiger partial charge in [0.1, 0.15) is 5.75 Å². The molecule has 0 aliphatic heterocycles. The number of ether oxygens (including phenoxy) is 1. The van der Waals surface area contributed by atoms with Crippen molar-refractivity contribution in [3.05, 3.63) is 48.0 Å². The number of rotatable bonds is 3. The minimum Gasteiger partial charge on any atom is -0.496 e. The van der Waals surface area contributed by atoms with E-state index in [9.17, 15) is 0 Å². The number of benzene rings is 2. The lowest BCUT2D eigenvalue weighted by Crippen LogP contribution is -1.86. The zero-order valence-corrected chi connectivity index (χ0v) is 11.5. The van der Waals surface area contributed by atoms with Crippen molar-refractivity contribution >= 4 is 24.4 Å². The fraction of sp³-hybridized carbons (Fsp3) is 0.143. The molecule has 0 fully saturated rings. The number of para-hydroxylation sites is 1. The zero-order chi connectivity index (χ0) is 12.3. The van der Waals surface area contributed by atoms with Crippen LogP contribution in [-0.2, 0) is 0 Å².